The van der Waals surface area contributed by atoms with Gasteiger partial charge in [0, 0.05) is 21.9 Å². The molecule has 0 fully saturated rings. The Morgan fingerprint density at radius 3 is 2.31 bits per heavy atom. The van der Waals surface area contributed by atoms with Crippen molar-refractivity contribution in [3.05, 3.63) is 37.8 Å². The molecule has 0 aliphatic carbocycles. The lowest BCUT2D eigenvalue weighted by atomic mass is 10.1. The van der Waals surface area contributed by atoms with Crippen LogP contribution in [0.3, 0.4) is 0 Å². The van der Waals surface area contributed by atoms with E-state index in [0.717, 1.165) is 6.07 Å². The van der Waals surface area contributed by atoms with Crippen LogP contribution in [0.2, 0.25) is 0 Å². The van der Waals surface area contributed by atoms with Gasteiger partial charge in [-0.2, -0.15) is 13.2 Å². The summed E-state index contributed by atoms with van der Waals surface area (Å²) in [6, 6.07) is 1.58. The average Bonchev–Trinajstić information content (AvgIpc) is 2.14. The van der Waals surface area contributed by atoms with E-state index >= 15 is 0 Å². The van der Waals surface area contributed by atoms with Crippen LogP contribution >= 0.6 is 31.9 Å². The van der Waals surface area contributed by atoms with Crippen LogP contribution in [0.1, 0.15) is 11.1 Å². The second kappa shape index (κ2) is 4.70. The summed E-state index contributed by atoms with van der Waals surface area (Å²) in [6.45, 7) is 0. The molecule has 0 N–H and O–H groups in total. The van der Waals surface area contributed by atoms with Gasteiger partial charge in [-0.25, -0.2) is 0 Å². The highest BCUT2D eigenvalue weighted by atomic mass is 79.9. The highest BCUT2D eigenvalue weighted by Gasteiger charge is 2.35. The van der Waals surface area contributed by atoms with Crippen LogP contribution in [-0.4, -0.2) is 4.92 Å². The van der Waals surface area contributed by atoms with Crippen molar-refractivity contribution in [2.24, 2.45) is 0 Å². The van der Waals surface area contributed by atoms with Gasteiger partial charge in [0.25, 0.3) is 5.69 Å². The zero-order valence-electron chi connectivity index (χ0n) is 7.52. The molecule has 0 amide bonds. The molecule has 1 rings (SSSR count). The average molecular weight is 363 g/mol. The molecule has 88 valence electrons. The van der Waals surface area contributed by atoms with E-state index in [9.17, 15) is 23.3 Å². The number of rotatable bonds is 2. The minimum atomic E-state index is -4.61. The molecule has 0 atom stereocenters. The van der Waals surface area contributed by atoms with Gasteiger partial charge in [0.15, 0.2) is 0 Å². The molecular formula is C8H4Br2F3NO2. The summed E-state index contributed by atoms with van der Waals surface area (Å²) in [7, 11) is 0. The van der Waals surface area contributed by atoms with Gasteiger partial charge >= 0.3 is 6.18 Å². The van der Waals surface area contributed by atoms with Gasteiger partial charge in [-0.05, 0) is 5.56 Å². The summed E-state index contributed by atoms with van der Waals surface area (Å²) in [5, 5.41) is 10.4. The lowest BCUT2D eigenvalue weighted by Gasteiger charge is -2.12. The lowest BCUT2D eigenvalue weighted by Crippen LogP contribution is -2.09. The predicted molar refractivity (Wildman–Crippen MR) is 58.4 cm³/mol. The molecule has 0 heterocycles. The Kier molecular flexibility index (Phi) is 3.95. The quantitative estimate of drug-likeness (QED) is 0.448. The van der Waals surface area contributed by atoms with E-state index in [2.05, 4.69) is 31.9 Å². The van der Waals surface area contributed by atoms with E-state index in [-0.39, 0.29) is 15.4 Å². The van der Waals surface area contributed by atoms with Crippen LogP contribution < -0.4 is 0 Å². The topological polar surface area (TPSA) is 43.1 Å². The predicted octanol–water partition coefficient (Wildman–Crippen LogP) is 4.27. The molecule has 0 aliphatic heterocycles. The molecule has 8 heteroatoms. The Labute approximate surface area is 105 Å². The van der Waals surface area contributed by atoms with Crippen molar-refractivity contribution in [2.45, 2.75) is 11.5 Å². The molecule has 3 nitrogen and oxygen atoms in total. The Morgan fingerprint density at radius 1 is 1.38 bits per heavy atom. The van der Waals surface area contributed by atoms with Gasteiger partial charge < -0.3 is 0 Å². The van der Waals surface area contributed by atoms with Gasteiger partial charge in [0.2, 0.25) is 0 Å². The molecule has 0 spiro atoms. The van der Waals surface area contributed by atoms with E-state index in [0.29, 0.717) is 6.07 Å². The van der Waals surface area contributed by atoms with E-state index in [1.807, 2.05) is 0 Å². The van der Waals surface area contributed by atoms with Crippen molar-refractivity contribution in [2.75, 3.05) is 0 Å². The fourth-order valence-corrected chi connectivity index (χ4v) is 2.69. The maximum absolute atomic E-state index is 12.6. The van der Waals surface area contributed by atoms with Crippen molar-refractivity contribution < 1.29 is 18.1 Å². The number of alkyl halides is 4. The minimum Gasteiger partial charge on any atom is -0.258 e. The molecule has 0 saturated carbocycles. The van der Waals surface area contributed by atoms with Crippen molar-refractivity contribution in [1.29, 1.82) is 0 Å². The summed E-state index contributed by atoms with van der Waals surface area (Å²) in [4.78, 5) is 9.57. The highest BCUT2D eigenvalue weighted by molar-refractivity contribution is 9.10. The molecule has 0 aliphatic rings. The number of nitro groups is 1. The van der Waals surface area contributed by atoms with Gasteiger partial charge in [0.1, 0.15) is 0 Å². The minimum absolute atomic E-state index is 0.0412. The summed E-state index contributed by atoms with van der Waals surface area (Å²) in [5.41, 5.74) is -1.66. The Bertz CT molecular complexity index is 434. The normalized spacial score (nSPS) is 11.6. The first-order valence-electron chi connectivity index (χ1n) is 3.87. The third-order valence-electron chi connectivity index (χ3n) is 1.83. The number of hydrogen-bond acceptors (Lipinski definition) is 2. The van der Waals surface area contributed by atoms with Gasteiger partial charge in [0.05, 0.1) is 10.5 Å². The van der Waals surface area contributed by atoms with Crippen LogP contribution in [-0.2, 0) is 11.5 Å². The SMILES string of the molecule is O=[N+]([O-])c1cc(Br)c(CBr)c(C(F)(F)F)c1. The maximum atomic E-state index is 12.6. The van der Waals surface area contributed by atoms with Gasteiger partial charge in [-0.3, -0.25) is 10.1 Å². The van der Waals surface area contributed by atoms with Crippen molar-refractivity contribution in [1.82, 2.24) is 0 Å². The van der Waals surface area contributed by atoms with Crippen molar-refractivity contribution in [3.63, 3.8) is 0 Å². The fourth-order valence-electron chi connectivity index (χ4n) is 1.12. The van der Waals surface area contributed by atoms with E-state index in [1.54, 1.807) is 0 Å². The standard InChI is InChI=1S/C8H4Br2F3NO2/c9-3-5-6(8(11,12)13)1-4(14(15)16)2-7(5)10/h1-2H,3H2. The molecule has 0 unspecified atom stereocenters. The van der Waals surface area contributed by atoms with Crippen LogP contribution in [0, 0.1) is 10.1 Å². The molecule has 0 aromatic heterocycles. The van der Waals surface area contributed by atoms with Gasteiger partial charge in [-0.15, -0.1) is 0 Å². The number of halogens is 5. The second-order valence-electron chi connectivity index (χ2n) is 2.84. The van der Waals surface area contributed by atoms with E-state index < -0.39 is 22.4 Å². The zero-order valence-corrected chi connectivity index (χ0v) is 10.7. The van der Waals surface area contributed by atoms with Gasteiger partial charge in [-0.1, -0.05) is 31.9 Å². The number of non-ortho nitro benzene ring substituents is 1. The van der Waals surface area contributed by atoms with Crippen molar-refractivity contribution >= 4 is 37.5 Å². The molecule has 16 heavy (non-hydrogen) atoms. The van der Waals surface area contributed by atoms with Crippen molar-refractivity contribution in [3.8, 4) is 0 Å². The first-order chi connectivity index (χ1) is 7.27. The molecule has 0 bridgehead atoms. The van der Waals surface area contributed by atoms with Crippen LogP contribution in [0.15, 0.2) is 16.6 Å². The Balaban J connectivity index is 3.49. The number of nitro benzene ring substituents is 1. The monoisotopic (exact) mass is 361 g/mol. The van der Waals surface area contributed by atoms with Crippen LogP contribution in [0.4, 0.5) is 18.9 Å². The summed E-state index contributed by atoms with van der Waals surface area (Å²) < 4.78 is 37.8. The largest absolute Gasteiger partial charge is 0.416 e. The fraction of sp³-hybridized carbons (Fsp3) is 0.250. The van der Waals surface area contributed by atoms with E-state index in [4.69, 9.17) is 0 Å². The first kappa shape index (κ1) is 13.4. The summed E-state index contributed by atoms with van der Waals surface area (Å²) in [6.07, 6.45) is -4.61. The first-order valence-corrected chi connectivity index (χ1v) is 5.78. The van der Waals surface area contributed by atoms with Crippen LogP contribution in [0.25, 0.3) is 0 Å². The smallest absolute Gasteiger partial charge is 0.258 e. The Hall–Kier alpha value is -0.630. The lowest BCUT2D eigenvalue weighted by molar-refractivity contribution is -0.385. The number of hydrogen-bond donors (Lipinski definition) is 0. The molecular weight excluding hydrogens is 359 g/mol. The summed E-state index contributed by atoms with van der Waals surface area (Å²) >= 11 is 5.80. The molecule has 0 radical (unpaired) electrons. The third-order valence-corrected chi connectivity index (χ3v) is 3.10. The second-order valence-corrected chi connectivity index (χ2v) is 4.26. The zero-order chi connectivity index (χ0) is 12.5. The van der Waals surface area contributed by atoms with E-state index in [1.165, 1.54) is 0 Å². The number of nitrogens with zero attached hydrogens (tertiary/aromatic N) is 1. The molecule has 0 saturated heterocycles. The molecule has 1 aromatic rings. The highest BCUT2D eigenvalue weighted by Crippen LogP contribution is 2.38. The molecule has 1 aromatic carbocycles. The Morgan fingerprint density at radius 2 is 1.94 bits per heavy atom. The third kappa shape index (κ3) is 2.73. The maximum Gasteiger partial charge on any atom is 0.416 e. The summed E-state index contributed by atoms with van der Waals surface area (Å²) in [5.74, 6) is 0. The van der Waals surface area contributed by atoms with Crippen LogP contribution in [0.5, 0.6) is 0 Å². The number of benzene rings is 1.